The maximum absolute atomic E-state index is 11.8. The first kappa shape index (κ1) is 25.8. The van der Waals surface area contributed by atoms with Gasteiger partial charge >= 0.3 is 5.97 Å². The van der Waals surface area contributed by atoms with Crippen molar-refractivity contribution in [1.82, 2.24) is 0 Å². The number of carbonyl (C=O) groups excluding carboxylic acids is 2. The van der Waals surface area contributed by atoms with Crippen LogP contribution in [0.15, 0.2) is 36.4 Å². The van der Waals surface area contributed by atoms with Crippen LogP contribution in [0.4, 0.5) is 0 Å². The number of hydrogen-bond donors (Lipinski definition) is 0. The summed E-state index contributed by atoms with van der Waals surface area (Å²) in [5, 5.41) is 2.49. The monoisotopic (exact) mass is 386 g/mol. The van der Waals surface area contributed by atoms with Crippen molar-refractivity contribution in [3.8, 4) is 0 Å². The summed E-state index contributed by atoms with van der Waals surface area (Å²) in [6, 6.07) is 12.7. The zero-order valence-corrected chi connectivity index (χ0v) is 19.2. The summed E-state index contributed by atoms with van der Waals surface area (Å²) in [5.41, 5.74) is 2.28. The largest absolute Gasteiger partial charge is 0.460 e. The SMILES string of the molecule is CC.CC.CC(=O)OC(C)(C)C.C[C@H]1Cc2ccc3ccccc3c2CC1=O. The zero-order chi connectivity index (χ0) is 21.9. The molecule has 3 nitrogen and oxygen atoms in total. The number of benzene rings is 2. The van der Waals surface area contributed by atoms with Gasteiger partial charge in [0.15, 0.2) is 0 Å². The molecule has 3 heteroatoms. The van der Waals surface area contributed by atoms with Crippen molar-refractivity contribution < 1.29 is 14.3 Å². The predicted molar refractivity (Wildman–Crippen MR) is 120 cm³/mol. The predicted octanol–water partition coefficient (Wildman–Crippen LogP) is 6.54. The van der Waals surface area contributed by atoms with E-state index in [0.29, 0.717) is 12.2 Å². The Labute approximate surface area is 171 Å². The first-order valence-electron chi connectivity index (χ1n) is 10.4. The second kappa shape index (κ2) is 12.3. The van der Waals surface area contributed by atoms with Crippen molar-refractivity contribution in [2.45, 2.75) is 80.8 Å². The number of rotatable bonds is 0. The Hall–Kier alpha value is -2.16. The van der Waals surface area contributed by atoms with Gasteiger partial charge in [-0.25, -0.2) is 0 Å². The summed E-state index contributed by atoms with van der Waals surface area (Å²) in [5.74, 6) is 0.343. The molecule has 0 bridgehead atoms. The minimum atomic E-state index is -0.328. The van der Waals surface area contributed by atoms with Crippen molar-refractivity contribution in [3.63, 3.8) is 0 Å². The van der Waals surface area contributed by atoms with E-state index >= 15 is 0 Å². The summed E-state index contributed by atoms with van der Waals surface area (Å²) in [7, 11) is 0. The van der Waals surface area contributed by atoms with Crippen LogP contribution in [-0.2, 0) is 27.2 Å². The molecule has 0 N–H and O–H groups in total. The van der Waals surface area contributed by atoms with Gasteiger partial charge in [-0.2, -0.15) is 0 Å². The highest BCUT2D eigenvalue weighted by molar-refractivity contribution is 5.94. The molecule has 0 fully saturated rings. The zero-order valence-electron chi connectivity index (χ0n) is 19.2. The number of ketones is 1. The molecule has 0 unspecified atom stereocenters. The molecule has 1 atom stereocenters. The van der Waals surface area contributed by atoms with E-state index in [1.54, 1.807) is 0 Å². The van der Waals surface area contributed by atoms with E-state index in [1.807, 2.05) is 67.5 Å². The molecule has 0 amide bonds. The Morgan fingerprint density at radius 2 is 1.57 bits per heavy atom. The van der Waals surface area contributed by atoms with Crippen molar-refractivity contribution in [2.24, 2.45) is 5.92 Å². The lowest BCUT2D eigenvalue weighted by Crippen LogP contribution is -2.22. The molecule has 3 rings (SSSR count). The highest BCUT2D eigenvalue weighted by Gasteiger charge is 2.23. The van der Waals surface area contributed by atoms with Crippen molar-refractivity contribution >= 4 is 22.5 Å². The smallest absolute Gasteiger partial charge is 0.303 e. The van der Waals surface area contributed by atoms with Gasteiger partial charge in [-0.3, -0.25) is 9.59 Å². The fourth-order valence-electron chi connectivity index (χ4n) is 3.00. The van der Waals surface area contributed by atoms with Gasteiger partial charge in [-0.05, 0) is 49.1 Å². The lowest BCUT2D eigenvalue weighted by atomic mass is 9.82. The van der Waals surface area contributed by atoms with E-state index in [-0.39, 0.29) is 17.5 Å². The summed E-state index contributed by atoms with van der Waals surface area (Å²) >= 11 is 0. The summed E-state index contributed by atoms with van der Waals surface area (Å²) in [4.78, 5) is 22.0. The maximum Gasteiger partial charge on any atom is 0.303 e. The quantitative estimate of drug-likeness (QED) is 0.483. The molecule has 156 valence electrons. The average molecular weight is 387 g/mol. The van der Waals surface area contributed by atoms with Gasteiger partial charge in [-0.1, -0.05) is 71.0 Å². The Kier molecular flexibility index (Phi) is 11.4. The van der Waals surface area contributed by atoms with Gasteiger partial charge in [0.25, 0.3) is 0 Å². The van der Waals surface area contributed by atoms with Crippen LogP contribution < -0.4 is 0 Å². The third-order valence-corrected chi connectivity index (χ3v) is 4.01. The number of fused-ring (bicyclic) bond motifs is 3. The molecule has 0 saturated carbocycles. The first-order valence-corrected chi connectivity index (χ1v) is 10.4. The number of ether oxygens (including phenoxy) is 1. The molecule has 28 heavy (non-hydrogen) atoms. The normalized spacial score (nSPS) is 14.9. The third kappa shape index (κ3) is 8.24. The van der Waals surface area contributed by atoms with Gasteiger partial charge in [-0.15, -0.1) is 0 Å². The van der Waals surface area contributed by atoms with E-state index in [1.165, 1.54) is 28.8 Å². The topological polar surface area (TPSA) is 43.4 Å². The number of carbonyl (C=O) groups is 2. The molecule has 1 aliphatic rings. The van der Waals surface area contributed by atoms with E-state index in [4.69, 9.17) is 4.74 Å². The molecule has 2 aromatic carbocycles. The molecule has 0 spiro atoms. The van der Waals surface area contributed by atoms with Crippen molar-refractivity contribution in [2.75, 3.05) is 0 Å². The summed E-state index contributed by atoms with van der Waals surface area (Å²) < 4.78 is 4.80. The van der Waals surface area contributed by atoms with Gasteiger partial charge < -0.3 is 4.74 Å². The Morgan fingerprint density at radius 3 is 2.07 bits per heavy atom. The first-order chi connectivity index (χ1) is 13.2. The molecular weight excluding hydrogens is 348 g/mol. The van der Waals surface area contributed by atoms with Crippen LogP contribution in [0.1, 0.15) is 73.4 Å². The minimum Gasteiger partial charge on any atom is -0.460 e. The van der Waals surface area contributed by atoms with Crippen molar-refractivity contribution in [1.29, 1.82) is 0 Å². The Balaban J connectivity index is 0.000000520. The standard InChI is InChI=1S/C15H14O.C6H12O2.2C2H6/c1-10-8-12-7-6-11-4-2-3-5-13(11)14(12)9-15(10)16;1-5(7)8-6(2,3)4;2*1-2/h2-7,10H,8-9H2,1H3;1-4H3;2*1-2H3/t10-;;;/m0.../s1. The number of Topliss-reactive ketones (excluding diaryl/α,β-unsaturated/α-hetero) is 1. The molecular formula is C25H38O3. The minimum absolute atomic E-state index is 0.189. The third-order valence-electron chi connectivity index (χ3n) is 4.01. The number of hydrogen-bond acceptors (Lipinski definition) is 3. The van der Waals surface area contributed by atoms with Crippen LogP contribution in [0, 0.1) is 5.92 Å². The van der Waals surface area contributed by atoms with E-state index in [9.17, 15) is 9.59 Å². The van der Waals surface area contributed by atoms with Gasteiger partial charge in [0.2, 0.25) is 0 Å². The molecule has 0 saturated heterocycles. The maximum atomic E-state index is 11.8. The van der Waals surface area contributed by atoms with Gasteiger partial charge in [0.05, 0.1) is 0 Å². The number of esters is 1. The lowest BCUT2D eigenvalue weighted by molar-refractivity contribution is -0.151. The van der Waals surface area contributed by atoms with Crippen LogP contribution in [0.5, 0.6) is 0 Å². The van der Waals surface area contributed by atoms with E-state index < -0.39 is 0 Å². The van der Waals surface area contributed by atoms with Crippen molar-refractivity contribution in [3.05, 3.63) is 47.5 Å². The molecule has 0 heterocycles. The van der Waals surface area contributed by atoms with E-state index in [0.717, 1.165) is 6.42 Å². The lowest BCUT2D eigenvalue weighted by Gasteiger charge is -2.21. The molecule has 2 aromatic rings. The summed E-state index contributed by atoms with van der Waals surface area (Å²) in [6.45, 7) is 17.0. The highest BCUT2D eigenvalue weighted by atomic mass is 16.6. The molecule has 0 radical (unpaired) electrons. The molecule has 1 aliphatic carbocycles. The van der Waals surface area contributed by atoms with Gasteiger partial charge in [0.1, 0.15) is 11.4 Å². The van der Waals surface area contributed by atoms with Gasteiger partial charge in [0, 0.05) is 19.3 Å². The molecule has 0 aromatic heterocycles. The Bertz CT molecular complexity index is 754. The van der Waals surface area contributed by atoms with Crippen LogP contribution >= 0.6 is 0 Å². The highest BCUT2D eigenvalue weighted by Crippen LogP contribution is 2.29. The second-order valence-corrected chi connectivity index (χ2v) is 7.38. The molecule has 0 aliphatic heterocycles. The van der Waals surface area contributed by atoms with Crippen LogP contribution in [0.25, 0.3) is 10.8 Å². The average Bonchev–Trinajstić information content (AvgIpc) is 2.64. The second-order valence-electron chi connectivity index (χ2n) is 7.38. The van der Waals surface area contributed by atoms with Crippen LogP contribution in [0.3, 0.4) is 0 Å². The fourth-order valence-corrected chi connectivity index (χ4v) is 3.00. The summed E-state index contributed by atoms with van der Waals surface area (Å²) in [6.07, 6.45) is 1.51. The van der Waals surface area contributed by atoms with Crippen LogP contribution in [-0.4, -0.2) is 17.4 Å². The Morgan fingerprint density at radius 1 is 1.00 bits per heavy atom. The van der Waals surface area contributed by atoms with Crippen LogP contribution in [0.2, 0.25) is 0 Å². The van der Waals surface area contributed by atoms with E-state index in [2.05, 4.69) is 24.3 Å². The fraction of sp³-hybridized carbons (Fsp3) is 0.520.